The number of hydrogen-bond acceptors (Lipinski definition) is 3. The first-order chi connectivity index (χ1) is 9.81. The molecule has 0 spiro atoms. The molecule has 0 aliphatic carbocycles. The third-order valence-corrected chi connectivity index (χ3v) is 3.87. The zero-order valence-corrected chi connectivity index (χ0v) is 11.5. The van der Waals surface area contributed by atoms with Gasteiger partial charge in [0.05, 0.1) is 5.52 Å². The molecule has 4 rings (SSSR count). The highest BCUT2D eigenvalue weighted by atomic mass is 35.5. The minimum atomic E-state index is 0.301. The second-order valence-electron chi connectivity index (χ2n) is 4.96. The van der Waals surface area contributed by atoms with Crippen LogP contribution in [0, 0.1) is 0 Å². The molecule has 0 amide bonds. The van der Waals surface area contributed by atoms with Gasteiger partial charge in [-0.15, -0.1) is 0 Å². The Kier molecular flexibility index (Phi) is 2.60. The fourth-order valence-electron chi connectivity index (χ4n) is 2.76. The lowest BCUT2D eigenvalue weighted by molar-refractivity contribution is 0.860. The van der Waals surface area contributed by atoms with E-state index in [2.05, 4.69) is 39.1 Å². The van der Waals surface area contributed by atoms with E-state index in [0.717, 1.165) is 29.8 Å². The normalized spacial score (nSPS) is 13.8. The Morgan fingerprint density at radius 1 is 0.850 bits per heavy atom. The Labute approximate surface area is 121 Å². The number of rotatable bonds is 1. The van der Waals surface area contributed by atoms with Crippen LogP contribution < -0.4 is 4.90 Å². The molecule has 0 bridgehead atoms. The maximum Gasteiger partial charge on any atom is 0.224 e. The van der Waals surface area contributed by atoms with E-state index >= 15 is 0 Å². The summed E-state index contributed by atoms with van der Waals surface area (Å²) in [5, 5.41) is 1.35. The quantitative estimate of drug-likeness (QED) is 0.635. The first-order valence-corrected chi connectivity index (χ1v) is 6.93. The highest BCUT2D eigenvalue weighted by Gasteiger charge is 2.21. The van der Waals surface area contributed by atoms with Crippen LogP contribution >= 0.6 is 11.6 Å². The molecular formula is C16H12ClN3. The van der Waals surface area contributed by atoms with Crippen molar-refractivity contribution in [3.63, 3.8) is 0 Å². The van der Waals surface area contributed by atoms with E-state index in [9.17, 15) is 0 Å². The molecule has 3 aromatic rings. The third kappa shape index (κ3) is 1.82. The molecule has 1 aliphatic rings. The van der Waals surface area contributed by atoms with Gasteiger partial charge < -0.3 is 4.90 Å². The zero-order chi connectivity index (χ0) is 13.5. The average Bonchev–Trinajstić information content (AvgIpc) is 2.90. The molecule has 1 aliphatic heterocycles. The minimum Gasteiger partial charge on any atom is -0.347 e. The Morgan fingerprint density at radius 2 is 1.50 bits per heavy atom. The smallest absolute Gasteiger partial charge is 0.224 e. The first kappa shape index (κ1) is 11.7. The molecule has 3 nitrogen and oxygen atoms in total. The van der Waals surface area contributed by atoms with Gasteiger partial charge in [-0.05, 0) is 34.9 Å². The Balaban J connectivity index is 1.84. The Bertz CT molecular complexity index is 776. The number of halogens is 1. The van der Waals surface area contributed by atoms with Crippen LogP contribution in [0.5, 0.6) is 0 Å². The predicted molar refractivity (Wildman–Crippen MR) is 80.9 cm³/mol. The van der Waals surface area contributed by atoms with Crippen molar-refractivity contribution in [3.8, 4) is 0 Å². The number of nitrogens with zero attached hydrogens (tertiary/aromatic N) is 3. The van der Waals surface area contributed by atoms with Gasteiger partial charge in [-0.3, -0.25) is 0 Å². The lowest BCUT2D eigenvalue weighted by atomic mass is 10.1. The highest BCUT2D eigenvalue weighted by Crippen LogP contribution is 2.32. The molecule has 4 heteroatoms. The molecule has 20 heavy (non-hydrogen) atoms. The van der Waals surface area contributed by atoms with E-state index in [4.69, 9.17) is 11.6 Å². The molecular weight excluding hydrogens is 270 g/mol. The van der Waals surface area contributed by atoms with E-state index in [1.165, 1.54) is 11.1 Å². The van der Waals surface area contributed by atoms with E-state index < -0.39 is 0 Å². The second-order valence-corrected chi connectivity index (χ2v) is 5.30. The van der Waals surface area contributed by atoms with Crippen LogP contribution in [0.25, 0.3) is 10.9 Å². The average molecular weight is 282 g/mol. The summed E-state index contributed by atoms with van der Waals surface area (Å²) in [7, 11) is 0. The van der Waals surface area contributed by atoms with Gasteiger partial charge in [-0.1, -0.05) is 36.4 Å². The molecule has 2 heterocycles. The fraction of sp³-hybridized carbons (Fsp3) is 0.125. The van der Waals surface area contributed by atoms with Crippen molar-refractivity contribution in [2.24, 2.45) is 0 Å². The van der Waals surface area contributed by atoms with Crippen LogP contribution in [0.15, 0.2) is 48.5 Å². The van der Waals surface area contributed by atoms with Gasteiger partial charge in [0, 0.05) is 18.5 Å². The van der Waals surface area contributed by atoms with Gasteiger partial charge in [0.2, 0.25) is 5.28 Å². The first-order valence-electron chi connectivity index (χ1n) is 6.55. The number of benzene rings is 2. The summed E-state index contributed by atoms with van der Waals surface area (Å²) in [6.07, 6.45) is 0. The predicted octanol–water partition coefficient (Wildman–Crippen LogP) is 3.80. The van der Waals surface area contributed by atoms with Crippen LogP contribution in [0.1, 0.15) is 11.1 Å². The molecule has 0 saturated heterocycles. The van der Waals surface area contributed by atoms with Crippen molar-refractivity contribution < 1.29 is 0 Å². The zero-order valence-electron chi connectivity index (χ0n) is 10.8. The van der Waals surface area contributed by atoms with Crippen molar-refractivity contribution in [1.29, 1.82) is 0 Å². The summed E-state index contributed by atoms with van der Waals surface area (Å²) >= 11 is 6.06. The number of aromatic nitrogens is 2. The summed E-state index contributed by atoms with van der Waals surface area (Å²) in [5.41, 5.74) is 3.59. The van der Waals surface area contributed by atoms with Crippen LogP contribution in [-0.2, 0) is 13.1 Å². The standard InChI is InChI=1S/C16H12ClN3/c17-16-18-14-8-4-3-7-13(14)15(19-16)20-9-11-5-1-2-6-12(11)10-20/h1-8H,9-10H2. The molecule has 2 aromatic carbocycles. The van der Waals surface area contributed by atoms with Crippen LogP contribution in [0.2, 0.25) is 5.28 Å². The monoisotopic (exact) mass is 281 g/mol. The summed E-state index contributed by atoms with van der Waals surface area (Å²) in [5.74, 6) is 0.914. The van der Waals surface area contributed by atoms with Crippen LogP contribution in [-0.4, -0.2) is 9.97 Å². The number of anilines is 1. The maximum atomic E-state index is 6.06. The lowest BCUT2D eigenvalue weighted by Crippen LogP contribution is -2.16. The summed E-state index contributed by atoms with van der Waals surface area (Å²) in [4.78, 5) is 11.0. The topological polar surface area (TPSA) is 29.0 Å². The highest BCUT2D eigenvalue weighted by molar-refractivity contribution is 6.28. The number of hydrogen-bond donors (Lipinski definition) is 0. The van der Waals surface area contributed by atoms with Crippen molar-refractivity contribution in [2.75, 3.05) is 4.90 Å². The van der Waals surface area contributed by atoms with E-state index in [1.807, 2.05) is 24.3 Å². The molecule has 0 saturated carbocycles. The third-order valence-electron chi connectivity index (χ3n) is 3.70. The number of para-hydroxylation sites is 1. The summed E-state index contributed by atoms with van der Waals surface area (Å²) < 4.78 is 0. The van der Waals surface area contributed by atoms with Gasteiger partial charge in [0.15, 0.2) is 0 Å². The summed E-state index contributed by atoms with van der Waals surface area (Å²) in [6, 6.07) is 16.5. The SMILES string of the molecule is Clc1nc(N2Cc3ccccc3C2)c2ccccc2n1. The Morgan fingerprint density at radius 3 is 2.25 bits per heavy atom. The van der Waals surface area contributed by atoms with E-state index in [-0.39, 0.29) is 0 Å². The van der Waals surface area contributed by atoms with Crippen LogP contribution in [0.4, 0.5) is 5.82 Å². The molecule has 0 radical (unpaired) electrons. The maximum absolute atomic E-state index is 6.06. The lowest BCUT2D eigenvalue weighted by Gasteiger charge is -2.18. The summed E-state index contributed by atoms with van der Waals surface area (Å²) in [6.45, 7) is 1.74. The van der Waals surface area contributed by atoms with Crippen LogP contribution in [0.3, 0.4) is 0 Å². The van der Waals surface area contributed by atoms with Gasteiger partial charge in [-0.2, -0.15) is 4.98 Å². The largest absolute Gasteiger partial charge is 0.347 e. The molecule has 0 N–H and O–H groups in total. The minimum absolute atomic E-state index is 0.301. The van der Waals surface area contributed by atoms with Crippen molar-refractivity contribution in [2.45, 2.75) is 13.1 Å². The van der Waals surface area contributed by atoms with Gasteiger partial charge in [0.1, 0.15) is 5.82 Å². The fourth-order valence-corrected chi connectivity index (χ4v) is 2.93. The molecule has 0 atom stereocenters. The molecule has 98 valence electrons. The van der Waals surface area contributed by atoms with E-state index in [0.29, 0.717) is 5.28 Å². The molecule has 0 unspecified atom stereocenters. The molecule has 0 fully saturated rings. The molecule has 1 aromatic heterocycles. The van der Waals surface area contributed by atoms with Crippen molar-refractivity contribution >= 4 is 28.3 Å². The Hall–Kier alpha value is -2.13. The van der Waals surface area contributed by atoms with Crippen molar-refractivity contribution in [3.05, 3.63) is 64.9 Å². The van der Waals surface area contributed by atoms with E-state index in [1.54, 1.807) is 0 Å². The van der Waals surface area contributed by atoms with Gasteiger partial charge >= 0.3 is 0 Å². The number of fused-ring (bicyclic) bond motifs is 2. The second kappa shape index (κ2) is 4.46. The van der Waals surface area contributed by atoms with Gasteiger partial charge in [-0.25, -0.2) is 4.98 Å². The van der Waals surface area contributed by atoms with Gasteiger partial charge in [0.25, 0.3) is 0 Å². The van der Waals surface area contributed by atoms with Crippen molar-refractivity contribution in [1.82, 2.24) is 9.97 Å².